The molecule has 11 heteroatoms. The van der Waals surface area contributed by atoms with Gasteiger partial charge in [0.15, 0.2) is 0 Å². The van der Waals surface area contributed by atoms with Gasteiger partial charge in [-0.2, -0.15) is 5.26 Å². The van der Waals surface area contributed by atoms with Crippen LogP contribution in [0.1, 0.15) is 60.1 Å². The summed E-state index contributed by atoms with van der Waals surface area (Å²) < 4.78 is 28.4. The van der Waals surface area contributed by atoms with E-state index in [-0.39, 0.29) is 28.8 Å². The number of methoxy groups -OCH3 is 1. The molecule has 1 N–H and O–H groups in total. The second-order valence-electron chi connectivity index (χ2n) is 12.9. The summed E-state index contributed by atoms with van der Waals surface area (Å²) in [4.78, 5) is 23.4. The van der Waals surface area contributed by atoms with Crippen LogP contribution >= 0.6 is 11.6 Å². The van der Waals surface area contributed by atoms with Gasteiger partial charge in [-0.1, -0.05) is 23.7 Å². The number of ether oxygens (including phenoxy) is 2. The van der Waals surface area contributed by atoms with E-state index in [0.29, 0.717) is 41.7 Å². The van der Waals surface area contributed by atoms with Crippen molar-refractivity contribution in [2.75, 3.05) is 25.1 Å². The van der Waals surface area contributed by atoms with Gasteiger partial charge in [0.1, 0.15) is 23.9 Å². The highest BCUT2D eigenvalue weighted by Gasteiger charge is 2.47. The third kappa shape index (κ3) is 5.64. The lowest BCUT2D eigenvalue weighted by molar-refractivity contribution is 0.0697. The first kappa shape index (κ1) is 30.1. The zero-order chi connectivity index (χ0) is 32.1. The molecular formula is C35H33ClFN5O4. The van der Waals surface area contributed by atoms with Crippen molar-refractivity contribution in [2.45, 2.75) is 51.7 Å². The molecule has 0 amide bonds. The van der Waals surface area contributed by atoms with E-state index in [2.05, 4.69) is 26.6 Å². The van der Waals surface area contributed by atoms with Gasteiger partial charge in [-0.05, 0) is 74.1 Å². The predicted octanol–water partition coefficient (Wildman–Crippen LogP) is 7.28. The standard InChI is InChI=1S/C35H33ClFN5O4/c1-45-29-17-25(36)4-2-24(29)18-46-30-7-5-26(37)31(40-30)22-8-10-35(11-9-22)19-41(20-35)33-39-27-6-3-23(32(43)44)16-28(27)42(33)21-34(12-13-34)14-15-38/h2-8,16-17H,9-14,18-21H2,1H3,(H,43,44). The first-order valence-electron chi connectivity index (χ1n) is 15.4. The van der Waals surface area contributed by atoms with Gasteiger partial charge >= 0.3 is 5.97 Å². The summed E-state index contributed by atoms with van der Waals surface area (Å²) >= 11 is 6.07. The Morgan fingerprint density at radius 1 is 1.13 bits per heavy atom. The maximum absolute atomic E-state index is 15.0. The Hall–Kier alpha value is -4.62. The average molecular weight is 642 g/mol. The van der Waals surface area contributed by atoms with Crippen molar-refractivity contribution < 1.29 is 23.8 Å². The maximum atomic E-state index is 15.0. The van der Waals surface area contributed by atoms with Gasteiger partial charge in [0.25, 0.3) is 0 Å². The molecule has 1 saturated carbocycles. The highest BCUT2D eigenvalue weighted by Crippen LogP contribution is 2.52. The second kappa shape index (κ2) is 11.6. The molecule has 4 aromatic rings. The predicted molar refractivity (Wildman–Crippen MR) is 172 cm³/mol. The summed E-state index contributed by atoms with van der Waals surface area (Å²) in [5, 5.41) is 19.6. The molecule has 236 valence electrons. The SMILES string of the molecule is COc1cc(Cl)ccc1COc1ccc(F)c(C2=CCC3(CC2)CN(c2nc4ccc(C(=O)O)cc4n2CC2(CC#N)CC2)C3)n1. The third-order valence-corrected chi connectivity index (χ3v) is 9.91. The Kier molecular flexibility index (Phi) is 7.60. The molecule has 9 nitrogen and oxygen atoms in total. The van der Waals surface area contributed by atoms with E-state index in [1.165, 1.54) is 12.1 Å². The van der Waals surface area contributed by atoms with Crippen LogP contribution in [0.3, 0.4) is 0 Å². The number of hydrogen-bond acceptors (Lipinski definition) is 7. The summed E-state index contributed by atoms with van der Waals surface area (Å²) in [6.45, 7) is 2.42. The molecule has 0 radical (unpaired) electrons. The van der Waals surface area contributed by atoms with Crippen LogP contribution in [0.4, 0.5) is 10.3 Å². The van der Waals surface area contributed by atoms with Crippen molar-refractivity contribution in [1.82, 2.24) is 14.5 Å². The van der Waals surface area contributed by atoms with E-state index in [9.17, 15) is 15.2 Å². The number of hydrogen-bond donors (Lipinski definition) is 1. The van der Waals surface area contributed by atoms with Gasteiger partial charge in [-0.3, -0.25) is 0 Å². The van der Waals surface area contributed by atoms with Gasteiger partial charge in [0.05, 0.1) is 29.8 Å². The fraction of sp³-hybridized carbons (Fsp3) is 0.371. The van der Waals surface area contributed by atoms with Crippen LogP contribution in [-0.2, 0) is 13.2 Å². The molecule has 0 atom stereocenters. The van der Waals surface area contributed by atoms with Gasteiger partial charge in [0, 0.05) is 53.5 Å². The Bertz CT molecular complexity index is 1920. The number of allylic oxidation sites excluding steroid dienone is 2. The quantitative estimate of drug-likeness (QED) is 0.192. The lowest BCUT2D eigenvalue weighted by atomic mass is 9.69. The average Bonchev–Trinajstić information content (AvgIpc) is 3.71. The topological polar surface area (TPSA) is 113 Å². The van der Waals surface area contributed by atoms with Gasteiger partial charge in [-0.15, -0.1) is 0 Å². The Balaban J connectivity index is 1.07. The number of carboxylic acid groups (broad SMARTS) is 1. The van der Waals surface area contributed by atoms with Crippen molar-refractivity contribution in [2.24, 2.45) is 10.8 Å². The lowest BCUT2D eigenvalue weighted by Gasteiger charge is -2.52. The smallest absolute Gasteiger partial charge is 0.335 e. The van der Waals surface area contributed by atoms with E-state index in [0.717, 1.165) is 66.9 Å². The molecule has 2 fully saturated rings. The summed E-state index contributed by atoms with van der Waals surface area (Å²) in [6, 6.07) is 15.6. The Morgan fingerprint density at radius 3 is 2.65 bits per heavy atom. The van der Waals surface area contributed by atoms with Crippen molar-refractivity contribution in [3.63, 3.8) is 0 Å². The zero-order valence-electron chi connectivity index (χ0n) is 25.4. The van der Waals surface area contributed by atoms with Crippen molar-refractivity contribution >= 4 is 40.1 Å². The summed E-state index contributed by atoms with van der Waals surface area (Å²) in [6.07, 6.45) is 6.88. The largest absolute Gasteiger partial charge is 0.496 e. The molecule has 3 aliphatic rings. The maximum Gasteiger partial charge on any atom is 0.335 e. The highest BCUT2D eigenvalue weighted by atomic mass is 35.5. The van der Waals surface area contributed by atoms with E-state index >= 15 is 4.39 Å². The number of carboxylic acids is 1. The van der Waals surface area contributed by atoms with Gasteiger partial charge < -0.3 is 24.0 Å². The number of fused-ring (bicyclic) bond motifs is 1. The van der Waals surface area contributed by atoms with E-state index in [1.54, 1.807) is 37.4 Å². The molecule has 1 saturated heterocycles. The number of pyridine rings is 1. The van der Waals surface area contributed by atoms with Gasteiger partial charge in [0.2, 0.25) is 11.8 Å². The molecule has 0 bridgehead atoms. The molecule has 2 aliphatic carbocycles. The molecule has 0 unspecified atom stereocenters. The van der Waals surface area contributed by atoms with Crippen LogP contribution in [0.15, 0.2) is 54.6 Å². The molecule has 3 heterocycles. The molecule has 46 heavy (non-hydrogen) atoms. The molecule has 1 aliphatic heterocycles. The zero-order valence-corrected chi connectivity index (χ0v) is 26.2. The lowest BCUT2D eigenvalue weighted by Crippen LogP contribution is -2.57. The minimum absolute atomic E-state index is 0.0400. The molecule has 7 rings (SSSR count). The summed E-state index contributed by atoms with van der Waals surface area (Å²) in [7, 11) is 1.57. The fourth-order valence-corrected chi connectivity index (χ4v) is 6.94. The van der Waals surface area contributed by atoms with Crippen LogP contribution in [0.5, 0.6) is 11.6 Å². The van der Waals surface area contributed by atoms with E-state index < -0.39 is 5.97 Å². The highest BCUT2D eigenvalue weighted by molar-refractivity contribution is 6.30. The first-order valence-corrected chi connectivity index (χ1v) is 15.7. The number of anilines is 1. The van der Waals surface area contributed by atoms with Crippen molar-refractivity contribution in [3.8, 4) is 17.7 Å². The van der Waals surface area contributed by atoms with Crippen LogP contribution in [-0.4, -0.2) is 45.8 Å². The molecular weight excluding hydrogens is 609 g/mol. The third-order valence-electron chi connectivity index (χ3n) is 9.67. The van der Waals surface area contributed by atoms with Crippen LogP contribution in [0.25, 0.3) is 16.6 Å². The first-order chi connectivity index (χ1) is 22.2. The number of aromatic carboxylic acids is 1. The number of carbonyl (C=O) groups is 1. The second-order valence-corrected chi connectivity index (χ2v) is 13.3. The molecule has 2 aromatic carbocycles. The summed E-state index contributed by atoms with van der Waals surface area (Å²) in [5.74, 6) is 0.400. The minimum atomic E-state index is -0.980. The number of aromatic nitrogens is 3. The van der Waals surface area contributed by atoms with Crippen molar-refractivity contribution in [1.29, 1.82) is 5.26 Å². The Morgan fingerprint density at radius 2 is 1.96 bits per heavy atom. The number of halogens is 2. The van der Waals surface area contributed by atoms with Crippen LogP contribution in [0.2, 0.25) is 5.02 Å². The number of nitriles is 1. The monoisotopic (exact) mass is 641 g/mol. The van der Waals surface area contributed by atoms with E-state index in [4.69, 9.17) is 26.1 Å². The number of rotatable bonds is 10. The van der Waals surface area contributed by atoms with Crippen molar-refractivity contribution in [3.05, 3.63) is 82.3 Å². The van der Waals surface area contributed by atoms with Crippen LogP contribution in [0, 0.1) is 28.0 Å². The van der Waals surface area contributed by atoms with Gasteiger partial charge in [-0.25, -0.2) is 19.2 Å². The Labute approximate surface area is 270 Å². The normalized spacial score (nSPS) is 17.7. The van der Waals surface area contributed by atoms with Crippen LogP contribution < -0.4 is 14.4 Å². The summed E-state index contributed by atoms with van der Waals surface area (Å²) in [5.41, 5.74) is 3.69. The molecule has 2 aromatic heterocycles. The minimum Gasteiger partial charge on any atom is -0.496 e. The fourth-order valence-electron chi connectivity index (χ4n) is 6.78. The number of imidazole rings is 1. The number of benzene rings is 2. The number of nitrogens with zero attached hydrogens (tertiary/aromatic N) is 5. The molecule has 1 spiro atoms. The van der Waals surface area contributed by atoms with E-state index in [1.807, 2.05) is 6.07 Å².